The summed E-state index contributed by atoms with van der Waals surface area (Å²) in [6.07, 6.45) is 0.662. The summed E-state index contributed by atoms with van der Waals surface area (Å²) < 4.78 is 35.7. The Morgan fingerprint density at radius 3 is 2.31 bits per heavy atom. The van der Waals surface area contributed by atoms with Gasteiger partial charge < -0.3 is 20.1 Å². The lowest BCUT2D eigenvalue weighted by Gasteiger charge is -2.09. The van der Waals surface area contributed by atoms with Crippen molar-refractivity contribution in [2.75, 3.05) is 25.1 Å². The third-order valence-corrected chi connectivity index (χ3v) is 3.39. The molecule has 0 radical (unpaired) electrons. The van der Waals surface area contributed by atoms with Crippen molar-refractivity contribution in [2.45, 2.75) is 0 Å². The standard InChI is InChI=1S/C19H16F2N2O6/c20-15-6-3-13(7-16(15)21)23-17(25)8-22-18(26)10-29-19(27)11-28-14-4-1-12(9-24)2-5-14/h1-7,9H,8,10-11H2,(H,22,26)(H,23,25). The Bertz CT molecular complexity index is 902. The molecule has 29 heavy (non-hydrogen) atoms. The number of esters is 1. The van der Waals surface area contributed by atoms with Crippen LogP contribution in [0.25, 0.3) is 0 Å². The number of hydrogen-bond donors (Lipinski definition) is 2. The zero-order chi connectivity index (χ0) is 21.2. The molecular formula is C19H16F2N2O6. The normalized spacial score (nSPS) is 10.0. The molecule has 8 nitrogen and oxygen atoms in total. The van der Waals surface area contributed by atoms with Gasteiger partial charge in [0.15, 0.2) is 24.8 Å². The molecule has 2 rings (SSSR count). The maximum Gasteiger partial charge on any atom is 0.344 e. The maximum atomic E-state index is 13.1. The van der Waals surface area contributed by atoms with Crippen molar-refractivity contribution in [3.05, 3.63) is 59.7 Å². The van der Waals surface area contributed by atoms with Gasteiger partial charge in [-0.1, -0.05) is 0 Å². The molecule has 0 atom stereocenters. The van der Waals surface area contributed by atoms with E-state index in [2.05, 4.69) is 10.6 Å². The lowest BCUT2D eigenvalue weighted by atomic mass is 10.2. The molecule has 0 aliphatic carbocycles. The molecule has 2 aromatic carbocycles. The molecule has 0 aromatic heterocycles. The summed E-state index contributed by atoms with van der Waals surface area (Å²) in [5.41, 5.74) is 0.470. The second-order valence-electron chi connectivity index (χ2n) is 5.59. The number of carbonyl (C=O) groups is 4. The maximum absolute atomic E-state index is 13.1. The zero-order valence-corrected chi connectivity index (χ0v) is 14.9. The topological polar surface area (TPSA) is 111 Å². The van der Waals surface area contributed by atoms with Crippen molar-refractivity contribution in [2.24, 2.45) is 0 Å². The third kappa shape index (κ3) is 7.37. The van der Waals surface area contributed by atoms with Gasteiger partial charge in [-0.25, -0.2) is 13.6 Å². The van der Waals surface area contributed by atoms with E-state index in [4.69, 9.17) is 9.47 Å². The first-order valence-corrected chi connectivity index (χ1v) is 8.22. The van der Waals surface area contributed by atoms with Crippen molar-refractivity contribution >= 4 is 29.8 Å². The largest absolute Gasteiger partial charge is 0.482 e. The number of nitrogens with one attached hydrogen (secondary N) is 2. The number of aldehydes is 1. The molecule has 0 spiro atoms. The lowest BCUT2D eigenvalue weighted by Crippen LogP contribution is -2.36. The highest BCUT2D eigenvalue weighted by Crippen LogP contribution is 2.13. The first kappa shape index (κ1) is 21.5. The predicted octanol–water partition coefficient (Wildman–Crippen LogP) is 1.45. The fourth-order valence-corrected chi connectivity index (χ4v) is 1.98. The molecule has 0 aliphatic rings. The van der Waals surface area contributed by atoms with Crippen molar-refractivity contribution in [3.8, 4) is 5.75 Å². The van der Waals surface area contributed by atoms with Gasteiger partial charge in [-0.2, -0.15) is 0 Å². The Kier molecular flexibility index (Phi) is 7.78. The van der Waals surface area contributed by atoms with Crippen molar-refractivity contribution in [3.63, 3.8) is 0 Å². The quantitative estimate of drug-likeness (QED) is 0.482. The van der Waals surface area contributed by atoms with Crippen LogP contribution in [0.1, 0.15) is 10.4 Å². The fraction of sp³-hybridized carbons (Fsp3) is 0.158. The Morgan fingerprint density at radius 2 is 1.66 bits per heavy atom. The molecule has 2 aromatic rings. The zero-order valence-electron chi connectivity index (χ0n) is 14.9. The first-order chi connectivity index (χ1) is 13.9. The summed E-state index contributed by atoms with van der Waals surface area (Å²) >= 11 is 0. The summed E-state index contributed by atoms with van der Waals surface area (Å²) in [4.78, 5) is 45.4. The van der Waals surface area contributed by atoms with Gasteiger partial charge in [0.05, 0.1) is 6.54 Å². The second-order valence-corrected chi connectivity index (χ2v) is 5.59. The highest BCUT2D eigenvalue weighted by atomic mass is 19.2. The number of carbonyl (C=O) groups excluding carboxylic acids is 4. The Hall–Kier alpha value is -3.82. The third-order valence-electron chi connectivity index (χ3n) is 3.39. The molecule has 0 aliphatic heterocycles. The van der Waals surface area contributed by atoms with Gasteiger partial charge in [-0.05, 0) is 36.4 Å². The summed E-state index contributed by atoms with van der Waals surface area (Å²) in [6.45, 7) is -1.55. The predicted molar refractivity (Wildman–Crippen MR) is 96.3 cm³/mol. The molecule has 0 saturated carbocycles. The van der Waals surface area contributed by atoms with Gasteiger partial charge in [0, 0.05) is 17.3 Å². The van der Waals surface area contributed by atoms with Gasteiger partial charge >= 0.3 is 5.97 Å². The van der Waals surface area contributed by atoms with Gasteiger partial charge in [0.25, 0.3) is 5.91 Å². The smallest absolute Gasteiger partial charge is 0.344 e. The molecule has 0 heterocycles. The number of hydrogen-bond acceptors (Lipinski definition) is 6. The first-order valence-electron chi connectivity index (χ1n) is 8.22. The molecule has 0 bridgehead atoms. The number of anilines is 1. The van der Waals surface area contributed by atoms with Gasteiger partial charge in [0.2, 0.25) is 5.91 Å². The Balaban J connectivity index is 1.65. The molecule has 2 amide bonds. The summed E-state index contributed by atoms with van der Waals surface area (Å²) in [5.74, 6) is -4.08. The highest BCUT2D eigenvalue weighted by Gasteiger charge is 2.11. The van der Waals surface area contributed by atoms with Crippen LogP contribution in [0.15, 0.2) is 42.5 Å². The minimum atomic E-state index is -1.12. The van der Waals surface area contributed by atoms with E-state index in [1.165, 1.54) is 24.3 Å². The van der Waals surface area contributed by atoms with Crippen LogP contribution in [-0.4, -0.2) is 43.8 Å². The molecule has 152 valence electrons. The van der Waals surface area contributed by atoms with E-state index < -0.39 is 49.2 Å². The highest BCUT2D eigenvalue weighted by molar-refractivity contribution is 5.94. The molecule has 0 unspecified atom stereocenters. The van der Waals surface area contributed by atoms with E-state index in [-0.39, 0.29) is 5.69 Å². The second kappa shape index (κ2) is 10.5. The van der Waals surface area contributed by atoms with Crippen LogP contribution in [0.2, 0.25) is 0 Å². The summed E-state index contributed by atoms with van der Waals surface area (Å²) in [6, 6.07) is 8.81. The van der Waals surface area contributed by atoms with Crippen molar-refractivity contribution in [1.82, 2.24) is 5.32 Å². The Labute approximate surface area is 163 Å². The number of ether oxygens (including phenoxy) is 2. The van der Waals surface area contributed by atoms with E-state index in [0.717, 1.165) is 18.2 Å². The Morgan fingerprint density at radius 1 is 0.931 bits per heavy atom. The van der Waals surface area contributed by atoms with E-state index in [0.29, 0.717) is 17.6 Å². The average molecular weight is 406 g/mol. The number of amides is 2. The van der Waals surface area contributed by atoms with Gasteiger partial charge in [0.1, 0.15) is 12.0 Å². The van der Waals surface area contributed by atoms with Crippen molar-refractivity contribution < 1.29 is 37.4 Å². The van der Waals surface area contributed by atoms with Crippen LogP contribution in [0.4, 0.5) is 14.5 Å². The van der Waals surface area contributed by atoms with E-state index in [9.17, 15) is 28.0 Å². The fourth-order valence-electron chi connectivity index (χ4n) is 1.98. The number of halogens is 2. The van der Waals surface area contributed by atoms with Crippen LogP contribution in [0, 0.1) is 11.6 Å². The molecular weight excluding hydrogens is 390 g/mol. The van der Waals surface area contributed by atoms with Crippen LogP contribution in [0.3, 0.4) is 0 Å². The van der Waals surface area contributed by atoms with Crippen molar-refractivity contribution in [1.29, 1.82) is 0 Å². The molecule has 0 fully saturated rings. The minimum Gasteiger partial charge on any atom is -0.482 e. The van der Waals surface area contributed by atoms with E-state index in [1.807, 2.05) is 0 Å². The van der Waals surface area contributed by atoms with Crippen LogP contribution < -0.4 is 15.4 Å². The van der Waals surface area contributed by atoms with E-state index in [1.54, 1.807) is 0 Å². The average Bonchev–Trinajstić information content (AvgIpc) is 2.72. The van der Waals surface area contributed by atoms with E-state index >= 15 is 0 Å². The van der Waals surface area contributed by atoms with Gasteiger partial charge in [-0.15, -0.1) is 0 Å². The molecule has 2 N–H and O–H groups in total. The van der Waals surface area contributed by atoms with Crippen LogP contribution >= 0.6 is 0 Å². The SMILES string of the molecule is O=Cc1ccc(OCC(=O)OCC(=O)NCC(=O)Nc2ccc(F)c(F)c2)cc1. The molecule has 0 saturated heterocycles. The lowest BCUT2D eigenvalue weighted by molar-refractivity contribution is -0.150. The number of rotatable bonds is 9. The summed E-state index contributed by atoms with van der Waals surface area (Å²) in [5, 5.41) is 4.47. The van der Waals surface area contributed by atoms with Gasteiger partial charge in [-0.3, -0.25) is 14.4 Å². The number of benzene rings is 2. The van der Waals surface area contributed by atoms with Crippen LogP contribution in [-0.2, 0) is 19.1 Å². The summed E-state index contributed by atoms with van der Waals surface area (Å²) in [7, 11) is 0. The molecule has 10 heteroatoms. The monoisotopic (exact) mass is 406 g/mol. The minimum absolute atomic E-state index is 0.0212. The van der Waals surface area contributed by atoms with Crippen LogP contribution in [0.5, 0.6) is 5.75 Å².